The van der Waals surface area contributed by atoms with Gasteiger partial charge in [-0.25, -0.2) is 4.39 Å². The number of hydrogen-bond donors (Lipinski definition) is 1. The molecule has 0 spiro atoms. The Kier molecular flexibility index (Phi) is 3.52. The van der Waals surface area contributed by atoms with Crippen molar-refractivity contribution in [3.63, 3.8) is 0 Å². The number of nitrogens with two attached hydrogens (primary N) is 1. The van der Waals surface area contributed by atoms with Crippen LogP contribution in [0.3, 0.4) is 0 Å². The summed E-state index contributed by atoms with van der Waals surface area (Å²) in [5.74, 6) is 0.409. The molecule has 1 unspecified atom stereocenters. The van der Waals surface area contributed by atoms with Gasteiger partial charge in [0.1, 0.15) is 17.2 Å². The number of benzene rings is 1. The highest BCUT2D eigenvalue weighted by atomic mass is 19.1. The van der Waals surface area contributed by atoms with E-state index in [-0.39, 0.29) is 17.5 Å². The molecule has 1 fully saturated rings. The van der Waals surface area contributed by atoms with Crippen LogP contribution >= 0.6 is 0 Å². The number of fused-ring (bicyclic) bond motifs is 1. The zero-order valence-corrected chi connectivity index (χ0v) is 11.7. The second kappa shape index (κ2) is 5.19. The lowest BCUT2D eigenvalue weighted by Gasteiger charge is -2.39. The Morgan fingerprint density at radius 2 is 2.00 bits per heavy atom. The summed E-state index contributed by atoms with van der Waals surface area (Å²) in [5.41, 5.74) is 6.71. The number of methoxy groups -OCH3 is 1. The largest absolute Gasteiger partial charge is 0.459 e. The summed E-state index contributed by atoms with van der Waals surface area (Å²) in [6.07, 6.45) is 5.35. The molecule has 1 aliphatic rings. The molecule has 0 aliphatic heterocycles. The van der Waals surface area contributed by atoms with Crippen LogP contribution in [0.5, 0.6) is 0 Å². The third-order valence-electron chi connectivity index (χ3n) is 4.48. The molecule has 0 radical (unpaired) electrons. The first-order chi connectivity index (χ1) is 9.64. The summed E-state index contributed by atoms with van der Waals surface area (Å²) in [7, 11) is 1.72. The second-order valence-corrected chi connectivity index (χ2v) is 5.64. The lowest BCUT2D eigenvalue weighted by molar-refractivity contribution is -0.0634. The van der Waals surface area contributed by atoms with Gasteiger partial charge in [-0.1, -0.05) is 19.3 Å². The third kappa shape index (κ3) is 2.23. The van der Waals surface area contributed by atoms with E-state index in [1.165, 1.54) is 18.6 Å². The Balaban J connectivity index is 1.96. The molecule has 0 bridgehead atoms. The SMILES string of the molecule is COC1(C(N)c2cc3cc(F)ccc3o2)CCCCC1. The van der Waals surface area contributed by atoms with E-state index in [4.69, 9.17) is 14.9 Å². The maximum absolute atomic E-state index is 13.2. The van der Waals surface area contributed by atoms with E-state index in [2.05, 4.69) is 0 Å². The molecule has 0 saturated heterocycles. The predicted octanol–water partition coefficient (Wildman–Crippen LogP) is 3.92. The van der Waals surface area contributed by atoms with Crippen molar-refractivity contribution in [2.45, 2.75) is 43.7 Å². The molecule has 1 aliphatic carbocycles. The minimum absolute atomic E-state index is 0.266. The minimum Gasteiger partial charge on any atom is -0.459 e. The maximum atomic E-state index is 13.2. The van der Waals surface area contributed by atoms with E-state index < -0.39 is 0 Å². The molecular formula is C16H20FNO2. The van der Waals surface area contributed by atoms with E-state index in [1.807, 2.05) is 6.07 Å². The lowest BCUT2D eigenvalue weighted by Crippen LogP contribution is -2.44. The topological polar surface area (TPSA) is 48.4 Å². The molecule has 4 heteroatoms. The van der Waals surface area contributed by atoms with Crippen LogP contribution in [0.25, 0.3) is 11.0 Å². The summed E-state index contributed by atoms with van der Waals surface area (Å²) >= 11 is 0. The predicted molar refractivity (Wildman–Crippen MR) is 75.9 cm³/mol. The number of rotatable bonds is 3. The average Bonchev–Trinajstić information content (AvgIpc) is 2.90. The molecule has 108 valence electrons. The third-order valence-corrected chi connectivity index (χ3v) is 4.48. The Morgan fingerprint density at radius 1 is 1.25 bits per heavy atom. The molecule has 1 heterocycles. The number of furan rings is 1. The summed E-state index contributed by atoms with van der Waals surface area (Å²) in [4.78, 5) is 0. The summed E-state index contributed by atoms with van der Waals surface area (Å²) < 4.78 is 24.8. The van der Waals surface area contributed by atoms with Gasteiger partial charge < -0.3 is 14.9 Å². The molecule has 20 heavy (non-hydrogen) atoms. The monoisotopic (exact) mass is 277 g/mol. The minimum atomic E-state index is -0.356. The number of ether oxygens (including phenoxy) is 1. The van der Waals surface area contributed by atoms with E-state index >= 15 is 0 Å². The van der Waals surface area contributed by atoms with Gasteiger partial charge in [0.15, 0.2) is 0 Å². The van der Waals surface area contributed by atoms with Gasteiger partial charge in [-0.15, -0.1) is 0 Å². The maximum Gasteiger partial charge on any atom is 0.134 e. The van der Waals surface area contributed by atoms with Crippen LogP contribution < -0.4 is 5.73 Å². The summed E-state index contributed by atoms with van der Waals surface area (Å²) in [6.45, 7) is 0. The van der Waals surface area contributed by atoms with Crippen molar-refractivity contribution in [1.29, 1.82) is 0 Å². The van der Waals surface area contributed by atoms with Gasteiger partial charge in [0, 0.05) is 12.5 Å². The molecule has 1 saturated carbocycles. The Hall–Kier alpha value is -1.39. The number of halogens is 1. The second-order valence-electron chi connectivity index (χ2n) is 5.64. The highest BCUT2D eigenvalue weighted by Gasteiger charge is 2.40. The van der Waals surface area contributed by atoms with E-state index in [0.29, 0.717) is 11.3 Å². The zero-order chi connectivity index (χ0) is 14.2. The van der Waals surface area contributed by atoms with Gasteiger partial charge in [0.2, 0.25) is 0 Å². The quantitative estimate of drug-likeness (QED) is 0.925. The first-order valence-electron chi connectivity index (χ1n) is 7.14. The molecule has 0 amide bonds. The van der Waals surface area contributed by atoms with Crippen LogP contribution in [0.15, 0.2) is 28.7 Å². The molecule has 3 rings (SSSR count). The smallest absolute Gasteiger partial charge is 0.134 e. The van der Waals surface area contributed by atoms with Crippen molar-refractivity contribution in [2.75, 3.05) is 7.11 Å². The van der Waals surface area contributed by atoms with Crippen molar-refractivity contribution < 1.29 is 13.5 Å². The van der Waals surface area contributed by atoms with Crippen LogP contribution in [-0.2, 0) is 4.74 Å². The first-order valence-corrected chi connectivity index (χ1v) is 7.14. The highest BCUT2D eigenvalue weighted by Crippen LogP contribution is 2.41. The molecular weight excluding hydrogens is 257 g/mol. The molecule has 2 N–H and O–H groups in total. The fraction of sp³-hybridized carbons (Fsp3) is 0.500. The fourth-order valence-electron chi connectivity index (χ4n) is 3.24. The summed E-state index contributed by atoms with van der Waals surface area (Å²) in [5, 5.41) is 0.748. The van der Waals surface area contributed by atoms with E-state index in [1.54, 1.807) is 13.2 Å². The zero-order valence-electron chi connectivity index (χ0n) is 11.7. The summed E-state index contributed by atoms with van der Waals surface area (Å²) in [6, 6.07) is 6.02. The van der Waals surface area contributed by atoms with Gasteiger partial charge in [-0.2, -0.15) is 0 Å². The van der Waals surface area contributed by atoms with Crippen molar-refractivity contribution in [2.24, 2.45) is 5.73 Å². The van der Waals surface area contributed by atoms with Crippen molar-refractivity contribution in [3.8, 4) is 0 Å². The van der Waals surface area contributed by atoms with Crippen molar-refractivity contribution in [3.05, 3.63) is 35.8 Å². The normalized spacial score (nSPS) is 20.1. The molecule has 1 aromatic carbocycles. The fourth-order valence-corrected chi connectivity index (χ4v) is 3.24. The Bertz CT molecular complexity index is 602. The number of hydrogen-bond acceptors (Lipinski definition) is 3. The van der Waals surface area contributed by atoms with Gasteiger partial charge in [0.05, 0.1) is 11.6 Å². The molecule has 2 aromatic rings. The van der Waals surface area contributed by atoms with Crippen LogP contribution in [-0.4, -0.2) is 12.7 Å². The van der Waals surface area contributed by atoms with Gasteiger partial charge in [-0.3, -0.25) is 0 Å². The van der Waals surface area contributed by atoms with Crippen LogP contribution in [0.1, 0.15) is 43.9 Å². The van der Waals surface area contributed by atoms with E-state index in [9.17, 15) is 4.39 Å². The highest BCUT2D eigenvalue weighted by molar-refractivity contribution is 5.78. The molecule has 1 aromatic heterocycles. The molecule has 3 nitrogen and oxygen atoms in total. The first kappa shape index (κ1) is 13.6. The van der Waals surface area contributed by atoms with Crippen LogP contribution in [0.2, 0.25) is 0 Å². The lowest BCUT2D eigenvalue weighted by atomic mass is 9.78. The average molecular weight is 277 g/mol. The van der Waals surface area contributed by atoms with Crippen LogP contribution in [0.4, 0.5) is 4.39 Å². The van der Waals surface area contributed by atoms with E-state index in [0.717, 1.165) is 31.1 Å². The van der Waals surface area contributed by atoms with Gasteiger partial charge in [-0.05, 0) is 37.1 Å². The van der Waals surface area contributed by atoms with Crippen molar-refractivity contribution in [1.82, 2.24) is 0 Å². The standard InChI is InChI=1S/C16H20FNO2/c1-19-16(7-3-2-4-8-16)15(18)14-10-11-9-12(17)5-6-13(11)20-14/h5-6,9-10,15H,2-4,7-8,18H2,1H3. The Morgan fingerprint density at radius 3 is 2.70 bits per heavy atom. The van der Waals surface area contributed by atoms with Crippen molar-refractivity contribution >= 4 is 11.0 Å². The molecule has 1 atom stereocenters. The van der Waals surface area contributed by atoms with Gasteiger partial charge >= 0.3 is 0 Å². The Labute approximate surface area is 117 Å². The van der Waals surface area contributed by atoms with Crippen LogP contribution in [0, 0.1) is 5.82 Å². The van der Waals surface area contributed by atoms with Gasteiger partial charge in [0.25, 0.3) is 0 Å².